The van der Waals surface area contributed by atoms with Crippen molar-refractivity contribution < 1.29 is 23.9 Å². The summed E-state index contributed by atoms with van der Waals surface area (Å²) in [5, 5.41) is 6.25. The van der Waals surface area contributed by atoms with Gasteiger partial charge in [0.15, 0.2) is 6.61 Å². The number of rotatable bonds is 9. The number of carbonyl (C=O) groups excluding carboxylic acids is 3. The maximum Gasteiger partial charge on any atom is 0.329 e. The van der Waals surface area contributed by atoms with Crippen molar-refractivity contribution in [1.82, 2.24) is 15.6 Å². The van der Waals surface area contributed by atoms with Crippen LogP contribution in [-0.2, 0) is 19.1 Å². The second kappa shape index (κ2) is 11.7. The molecule has 0 saturated carbocycles. The van der Waals surface area contributed by atoms with Gasteiger partial charge in [-0.15, -0.1) is 0 Å². The number of amides is 3. The maximum absolute atomic E-state index is 12.1. The topological polar surface area (TPSA) is 109 Å². The van der Waals surface area contributed by atoms with E-state index in [1.165, 1.54) is 6.21 Å². The third kappa shape index (κ3) is 6.99. The summed E-state index contributed by atoms with van der Waals surface area (Å²) in [6.45, 7) is 2.32. The lowest BCUT2D eigenvalue weighted by atomic mass is 10.2. The Bertz CT molecular complexity index is 701. The molecule has 1 aromatic rings. The molecule has 0 aliphatic carbocycles. The van der Waals surface area contributed by atoms with Crippen LogP contribution in [0.25, 0.3) is 0 Å². The Balaban J connectivity index is 1.82. The Morgan fingerprint density at radius 3 is 2.68 bits per heavy atom. The summed E-state index contributed by atoms with van der Waals surface area (Å²) < 4.78 is 10.5. The molecule has 28 heavy (non-hydrogen) atoms. The molecule has 9 heteroatoms. The first-order chi connectivity index (χ1) is 13.6. The third-order valence-electron chi connectivity index (χ3n) is 4.12. The summed E-state index contributed by atoms with van der Waals surface area (Å²) in [5.41, 5.74) is 2.75. The van der Waals surface area contributed by atoms with Gasteiger partial charge in [-0.1, -0.05) is 12.1 Å². The van der Waals surface area contributed by atoms with Crippen LogP contribution in [0.2, 0.25) is 0 Å². The van der Waals surface area contributed by atoms with Crippen LogP contribution in [0.15, 0.2) is 29.4 Å². The highest BCUT2D eigenvalue weighted by Gasteiger charge is 2.18. The van der Waals surface area contributed by atoms with E-state index in [0.29, 0.717) is 30.9 Å². The van der Waals surface area contributed by atoms with E-state index >= 15 is 0 Å². The first-order valence-electron chi connectivity index (χ1n) is 9.21. The average molecular weight is 390 g/mol. The number of nitrogens with one attached hydrogen (secondary N) is 2. The highest BCUT2D eigenvalue weighted by Crippen LogP contribution is 2.16. The van der Waals surface area contributed by atoms with E-state index in [-0.39, 0.29) is 12.5 Å². The number of benzene rings is 1. The van der Waals surface area contributed by atoms with Gasteiger partial charge in [0.25, 0.3) is 5.91 Å². The second-order valence-corrected chi connectivity index (χ2v) is 6.22. The molecule has 0 atom stereocenters. The number of hydrogen-bond acceptors (Lipinski definition) is 6. The number of hydrazone groups is 1. The Morgan fingerprint density at radius 1 is 1.18 bits per heavy atom. The van der Waals surface area contributed by atoms with Gasteiger partial charge in [0.1, 0.15) is 5.75 Å². The van der Waals surface area contributed by atoms with E-state index < -0.39 is 11.8 Å². The maximum atomic E-state index is 12.1. The molecule has 0 bridgehead atoms. The van der Waals surface area contributed by atoms with Crippen molar-refractivity contribution in [2.75, 3.05) is 40.0 Å². The second-order valence-electron chi connectivity index (χ2n) is 6.22. The monoisotopic (exact) mass is 390 g/mol. The van der Waals surface area contributed by atoms with Crippen molar-refractivity contribution in [1.29, 1.82) is 0 Å². The Morgan fingerprint density at radius 2 is 1.93 bits per heavy atom. The molecular weight excluding hydrogens is 364 g/mol. The smallest absolute Gasteiger partial charge is 0.329 e. The number of likely N-dealkylation sites (tertiary alicyclic amines) is 1. The van der Waals surface area contributed by atoms with Crippen LogP contribution >= 0.6 is 0 Å². The minimum absolute atomic E-state index is 0.0531. The van der Waals surface area contributed by atoms with Crippen molar-refractivity contribution in [3.8, 4) is 5.75 Å². The highest BCUT2D eigenvalue weighted by atomic mass is 16.5. The Labute approximate surface area is 164 Å². The van der Waals surface area contributed by atoms with Gasteiger partial charge in [-0.25, -0.2) is 5.43 Å². The minimum atomic E-state index is -0.865. The zero-order valence-electron chi connectivity index (χ0n) is 16.0. The molecule has 9 nitrogen and oxygen atoms in total. The van der Waals surface area contributed by atoms with Gasteiger partial charge in [0, 0.05) is 38.9 Å². The fourth-order valence-corrected chi connectivity index (χ4v) is 2.63. The molecule has 1 aliphatic heterocycles. The van der Waals surface area contributed by atoms with Gasteiger partial charge in [0.05, 0.1) is 6.21 Å². The molecule has 3 amide bonds. The van der Waals surface area contributed by atoms with E-state index in [1.807, 2.05) is 0 Å². The summed E-state index contributed by atoms with van der Waals surface area (Å²) in [5.74, 6) is -1.22. The Hall–Kier alpha value is -2.94. The fraction of sp³-hybridized carbons (Fsp3) is 0.474. The number of para-hydroxylation sites is 1. The molecule has 1 saturated heterocycles. The minimum Gasteiger partial charge on any atom is -0.483 e. The van der Waals surface area contributed by atoms with Gasteiger partial charge in [-0.2, -0.15) is 5.10 Å². The molecule has 1 fully saturated rings. The summed E-state index contributed by atoms with van der Waals surface area (Å²) in [4.78, 5) is 37.2. The molecule has 1 heterocycles. The van der Waals surface area contributed by atoms with Crippen molar-refractivity contribution in [2.45, 2.75) is 19.3 Å². The summed E-state index contributed by atoms with van der Waals surface area (Å²) in [6.07, 6.45) is 4.02. The van der Waals surface area contributed by atoms with Gasteiger partial charge < -0.3 is 19.7 Å². The van der Waals surface area contributed by atoms with Crippen LogP contribution in [-0.4, -0.2) is 68.8 Å². The molecule has 0 radical (unpaired) electrons. The Kier molecular flexibility index (Phi) is 8.93. The molecule has 2 rings (SSSR count). The fourth-order valence-electron chi connectivity index (χ4n) is 2.63. The van der Waals surface area contributed by atoms with Crippen LogP contribution in [0.5, 0.6) is 5.75 Å². The SMILES string of the molecule is COCCCNC(=O)C(=O)N/N=C\c1ccccc1OCC(=O)N1CCCC1. The predicted molar refractivity (Wildman–Crippen MR) is 103 cm³/mol. The summed E-state index contributed by atoms with van der Waals surface area (Å²) in [7, 11) is 1.56. The van der Waals surface area contributed by atoms with Crippen LogP contribution in [0.3, 0.4) is 0 Å². The van der Waals surface area contributed by atoms with Crippen molar-refractivity contribution in [3.63, 3.8) is 0 Å². The number of hydrogen-bond donors (Lipinski definition) is 2. The number of carbonyl (C=O) groups is 3. The van der Waals surface area contributed by atoms with Crippen LogP contribution < -0.4 is 15.5 Å². The first kappa shape index (κ1) is 21.4. The first-order valence-corrected chi connectivity index (χ1v) is 9.21. The molecule has 0 spiro atoms. The lowest BCUT2D eigenvalue weighted by Gasteiger charge is -2.16. The van der Waals surface area contributed by atoms with E-state index in [4.69, 9.17) is 9.47 Å². The molecule has 0 unspecified atom stereocenters. The quantitative estimate of drug-likeness (QED) is 0.273. The molecule has 152 valence electrons. The normalized spacial score (nSPS) is 13.5. The van der Waals surface area contributed by atoms with Gasteiger partial charge >= 0.3 is 11.8 Å². The van der Waals surface area contributed by atoms with E-state index in [0.717, 1.165) is 25.9 Å². The van der Waals surface area contributed by atoms with E-state index in [1.54, 1.807) is 36.3 Å². The van der Waals surface area contributed by atoms with Gasteiger partial charge in [-0.05, 0) is 31.4 Å². The van der Waals surface area contributed by atoms with Crippen LogP contribution in [0.1, 0.15) is 24.8 Å². The summed E-state index contributed by atoms with van der Waals surface area (Å²) >= 11 is 0. The molecule has 0 aromatic heterocycles. The molecule has 1 aliphatic rings. The number of nitrogens with zero attached hydrogens (tertiary/aromatic N) is 2. The lowest BCUT2D eigenvalue weighted by molar-refractivity contribution is -0.139. The molecule has 1 aromatic carbocycles. The number of ether oxygens (including phenoxy) is 2. The summed E-state index contributed by atoms with van der Waals surface area (Å²) in [6, 6.07) is 7.00. The standard InChI is InChI=1S/C19H26N4O5/c1-27-12-6-9-20-18(25)19(26)22-21-13-15-7-2-3-8-16(15)28-14-17(24)23-10-4-5-11-23/h2-3,7-8,13H,4-6,9-12,14H2,1H3,(H,20,25)(H,22,26)/b21-13-. The van der Waals surface area contributed by atoms with Crippen LogP contribution in [0, 0.1) is 0 Å². The zero-order chi connectivity index (χ0) is 20.2. The van der Waals surface area contributed by atoms with Crippen molar-refractivity contribution >= 4 is 23.9 Å². The van der Waals surface area contributed by atoms with E-state index in [9.17, 15) is 14.4 Å². The predicted octanol–water partition coefficient (Wildman–Crippen LogP) is 0.291. The molecule has 2 N–H and O–H groups in total. The highest BCUT2D eigenvalue weighted by molar-refractivity contribution is 6.35. The zero-order valence-corrected chi connectivity index (χ0v) is 16.0. The van der Waals surface area contributed by atoms with Crippen molar-refractivity contribution in [3.05, 3.63) is 29.8 Å². The van der Waals surface area contributed by atoms with Gasteiger partial charge in [0.2, 0.25) is 0 Å². The third-order valence-corrected chi connectivity index (χ3v) is 4.12. The van der Waals surface area contributed by atoms with Gasteiger partial charge in [-0.3, -0.25) is 14.4 Å². The average Bonchev–Trinajstić information content (AvgIpc) is 3.25. The molecular formula is C19H26N4O5. The number of methoxy groups -OCH3 is 1. The van der Waals surface area contributed by atoms with E-state index in [2.05, 4.69) is 15.8 Å². The largest absolute Gasteiger partial charge is 0.483 e. The van der Waals surface area contributed by atoms with Crippen LogP contribution in [0.4, 0.5) is 0 Å². The lowest BCUT2D eigenvalue weighted by Crippen LogP contribution is -2.38. The van der Waals surface area contributed by atoms with Crippen molar-refractivity contribution in [2.24, 2.45) is 5.10 Å².